The molecule has 1 aliphatic rings. The van der Waals surface area contributed by atoms with Crippen LogP contribution in [0.25, 0.3) is 0 Å². The first-order valence-electron chi connectivity index (χ1n) is 5.63. The van der Waals surface area contributed by atoms with Gasteiger partial charge in [-0.3, -0.25) is 0 Å². The van der Waals surface area contributed by atoms with Gasteiger partial charge in [0.2, 0.25) is 0 Å². The maximum absolute atomic E-state index is 9.45. The average Bonchev–Trinajstić information content (AvgIpc) is 2.26. The summed E-state index contributed by atoms with van der Waals surface area (Å²) in [6.07, 6.45) is 7.09. The standard InChI is InChI=1S/C11H19O3P/c1-9-5-6-13-11(7-9)4-2-3-10(12)8-14-15/h2,4-5,10-12H,3,6-8,15H2,1H3/b4-2+/t10-,11-/m1/s1/i15T/t10-,11-,15?. The van der Waals surface area contributed by atoms with Crippen molar-refractivity contribution in [3.63, 3.8) is 0 Å². The van der Waals surface area contributed by atoms with Gasteiger partial charge in [-0.15, -0.1) is 0 Å². The predicted octanol–water partition coefficient (Wildman–Crippen LogP) is 1.84. The Kier molecular flexibility index (Phi) is 5.36. The molecule has 1 heterocycles. The van der Waals surface area contributed by atoms with E-state index in [1.54, 1.807) is 0 Å². The van der Waals surface area contributed by atoms with Gasteiger partial charge in [0.25, 0.3) is 0 Å². The number of hydrogen-bond donors (Lipinski definition) is 1. The molecule has 0 saturated heterocycles. The molecule has 1 unspecified atom stereocenters. The van der Waals surface area contributed by atoms with Crippen LogP contribution in [0.1, 0.15) is 19.8 Å². The van der Waals surface area contributed by atoms with Crippen molar-refractivity contribution >= 4 is 9.41 Å². The highest BCUT2D eigenvalue weighted by Crippen LogP contribution is 2.15. The Morgan fingerprint density at radius 2 is 2.80 bits per heavy atom. The predicted molar refractivity (Wildman–Crippen MR) is 63.5 cm³/mol. The fraction of sp³-hybridized carbons (Fsp3) is 0.636. The zero-order valence-electron chi connectivity index (χ0n) is 9.98. The van der Waals surface area contributed by atoms with Crippen molar-refractivity contribution in [2.75, 3.05) is 13.2 Å². The van der Waals surface area contributed by atoms with Crippen LogP contribution in [0.5, 0.6) is 0 Å². The fourth-order valence-corrected chi connectivity index (χ4v) is 1.64. The first-order chi connectivity index (χ1) is 7.72. The van der Waals surface area contributed by atoms with E-state index in [4.69, 9.17) is 10.5 Å². The van der Waals surface area contributed by atoms with Gasteiger partial charge >= 0.3 is 0 Å². The highest BCUT2D eigenvalue weighted by atomic mass is 31.0. The molecule has 15 heavy (non-hydrogen) atoms. The molecular formula is C11H19O3P. The second kappa shape index (κ2) is 7.13. The van der Waals surface area contributed by atoms with Crippen LogP contribution in [0.4, 0.5) is 0 Å². The molecule has 0 aliphatic carbocycles. The Morgan fingerprint density at radius 3 is 3.53 bits per heavy atom. The van der Waals surface area contributed by atoms with Gasteiger partial charge in [-0.2, -0.15) is 0 Å². The lowest BCUT2D eigenvalue weighted by molar-refractivity contribution is 0.0972. The molecule has 0 amide bonds. The number of rotatable bonds is 6. The third-order valence-electron chi connectivity index (χ3n) is 2.30. The molecule has 0 spiro atoms. The lowest BCUT2D eigenvalue weighted by atomic mass is 10.1. The summed E-state index contributed by atoms with van der Waals surface area (Å²) in [5, 5.41) is 9.45. The Labute approximate surface area is 94.7 Å². The monoisotopic (exact) mass is 232 g/mol. The molecule has 0 bridgehead atoms. The summed E-state index contributed by atoms with van der Waals surface area (Å²) in [5.74, 6) is 0. The van der Waals surface area contributed by atoms with Crippen molar-refractivity contribution in [2.45, 2.75) is 32.0 Å². The van der Waals surface area contributed by atoms with E-state index in [0.717, 1.165) is 6.42 Å². The van der Waals surface area contributed by atoms with E-state index in [9.17, 15) is 5.11 Å². The largest absolute Gasteiger partial charge is 0.390 e. The number of aliphatic hydroxyl groups is 1. The van der Waals surface area contributed by atoms with Crippen LogP contribution in [0.2, 0.25) is 0 Å². The minimum Gasteiger partial charge on any atom is -0.390 e. The molecule has 0 saturated carbocycles. The minimum absolute atomic E-state index is 0.135. The van der Waals surface area contributed by atoms with Crippen molar-refractivity contribution in [3.05, 3.63) is 23.8 Å². The molecule has 4 heteroatoms. The smallest absolute Gasteiger partial charge is 0.0851 e. The molecule has 1 N–H and O–H groups in total. The van der Waals surface area contributed by atoms with Crippen molar-refractivity contribution in [1.29, 1.82) is 1.28 Å². The molecule has 3 nitrogen and oxygen atoms in total. The van der Waals surface area contributed by atoms with Gasteiger partial charge in [0, 0.05) is 9.41 Å². The Balaban J connectivity index is 2.18. The van der Waals surface area contributed by atoms with Gasteiger partial charge in [0.05, 0.1) is 26.7 Å². The summed E-state index contributed by atoms with van der Waals surface area (Å²) in [6.45, 7) is 3.00. The van der Waals surface area contributed by atoms with Crippen molar-refractivity contribution in [2.24, 2.45) is 0 Å². The molecular weight excluding hydrogens is 211 g/mol. The Hall–Kier alpha value is -0.210. The summed E-state index contributed by atoms with van der Waals surface area (Å²) in [5.41, 5.74) is 1.35. The quantitative estimate of drug-likeness (QED) is 0.561. The van der Waals surface area contributed by atoms with Crippen LogP contribution in [-0.2, 0) is 9.26 Å². The van der Waals surface area contributed by atoms with Crippen LogP contribution in [0, 0.1) is 0 Å². The van der Waals surface area contributed by atoms with E-state index < -0.39 is 6.10 Å². The molecule has 0 aromatic rings. The first-order valence-corrected chi connectivity index (χ1v) is 5.53. The Morgan fingerprint density at radius 1 is 1.93 bits per heavy atom. The van der Waals surface area contributed by atoms with Crippen LogP contribution < -0.4 is 0 Å². The van der Waals surface area contributed by atoms with Crippen molar-refractivity contribution in [3.8, 4) is 0 Å². The second-order valence-corrected chi connectivity index (χ2v) is 4.04. The number of hydrogen-bond acceptors (Lipinski definition) is 3. The summed E-state index contributed by atoms with van der Waals surface area (Å²) >= 11 is 0. The van der Waals surface area contributed by atoms with E-state index in [1.807, 2.05) is 12.2 Å². The summed E-state index contributed by atoms with van der Waals surface area (Å²) in [4.78, 5) is 0. The third kappa shape index (κ3) is 5.43. The van der Waals surface area contributed by atoms with Gasteiger partial charge < -0.3 is 14.4 Å². The molecule has 86 valence electrons. The fourth-order valence-electron chi connectivity index (χ4n) is 1.45. The summed E-state index contributed by atoms with van der Waals surface area (Å²) < 4.78 is 17.1. The van der Waals surface area contributed by atoms with Crippen LogP contribution in [0.3, 0.4) is 0 Å². The lowest BCUT2D eigenvalue weighted by Crippen LogP contribution is -2.16. The highest BCUT2D eigenvalue weighted by Gasteiger charge is 2.10. The van der Waals surface area contributed by atoms with Gasteiger partial charge in [-0.1, -0.05) is 23.8 Å². The van der Waals surface area contributed by atoms with E-state index in [-0.39, 0.29) is 22.1 Å². The zero-order valence-corrected chi connectivity index (χ0v) is 9.98. The minimum atomic E-state index is -0.519. The van der Waals surface area contributed by atoms with Crippen LogP contribution in [0.15, 0.2) is 23.8 Å². The van der Waals surface area contributed by atoms with Crippen molar-refractivity contribution < 1.29 is 14.4 Å². The molecule has 0 radical (unpaired) electrons. The maximum Gasteiger partial charge on any atom is 0.0851 e. The molecule has 1 rings (SSSR count). The highest BCUT2D eigenvalue weighted by molar-refractivity contribution is 7.09. The first kappa shape index (κ1) is 11.3. The van der Waals surface area contributed by atoms with Gasteiger partial charge in [0.1, 0.15) is 0 Å². The number of aliphatic hydroxyl groups excluding tert-OH is 1. The van der Waals surface area contributed by atoms with E-state index in [0.29, 0.717) is 13.0 Å². The van der Waals surface area contributed by atoms with Crippen molar-refractivity contribution in [1.82, 2.24) is 0 Å². The zero-order chi connectivity index (χ0) is 11.8. The maximum atomic E-state index is 9.45. The molecule has 0 fully saturated rings. The van der Waals surface area contributed by atoms with E-state index >= 15 is 0 Å². The second-order valence-electron chi connectivity index (χ2n) is 3.76. The summed E-state index contributed by atoms with van der Waals surface area (Å²) in [6, 6.07) is 0. The molecule has 0 aromatic heterocycles. The molecule has 1 aliphatic heterocycles. The lowest BCUT2D eigenvalue weighted by Gasteiger charge is -2.18. The third-order valence-corrected chi connectivity index (χ3v) is 2.47. The van der Waals surface area contributed by atoms with Crippen LogP contribution in [-0.4, -0.2) is 31.8 Å². The Bertz CT molecular complexity index is 256. The topological polar surface area (TPSA) is 38.7 Å². The molecule has 3 atom stereocenters. The number of ether oxygens (including phenoxy) is 1. The van der Waals surface area contributed by atoms with Gasteiger partial charge in [-0.05, 0) is 19.8 Å². The van der Waals surface area contributed by atoms with Gasteiger partial charge in [0.15, 0.2) is 0 Å². The van der Waals surface area contributed by atoms with Gasteiger partial charge in [-0.25, -0.2) is 0 Å². The normalized spacial score (nSPS) is 25.9. The SMILES string of the molecule is [3H]POC[C@H](O)C/C=C/[C@@H]1CC(C)=CCO1. The summed E-state index contributed by atoms with van der Waals surface area (Å²) in [7, 11) is -0.309. The van der Waals surface area contributed by atoms with Crippen LogP contribution >= 0.6 is 9.41 Å². The molecule has 0 aromatic carbocycles. The van der Waals surface area contributed by atoms with E-state index in [2.05, 4.69) is 13.0 Å². The van der Waals surface area contributed by atoms with E-state index in [1.165, 1.54) is 5.57 Å². The average molecular weight is 232 g/mol.